The summed E-state index contributed by atoms with van der Waals surface area (Å²) >= 11 is 0. The van der Waals surface area contributed by atoms with E-state index in [0.29, 0.717) is 5.56 Å². The van der Waals surface area contributed by atoms with E-state index in [1.165, 1.54) is 0 Å². The molecule has 94 valence electrons. The zero-order chi connectivity index (χ0) is 13.8. The van der Waals surface area contributed by atoms with Crippen LogP contribution < -0.4 is 0 Å². The van der Waals surface area contributed by atoms with Crippen LogP contribution in [0.2, 0.25) is 0 Å². The fourth-order valence-electron chi connectivity index (χ4n) is 1.93. The number of fused-ring (bicyclic) bond motifs is 1. The highest BCUT2D eigenvalue weighted by molar-refractivity contribution is 5.79. The van der Waals surface area contributed by atoms with Gasteiger partial charge in [0.15, 0.2) is 0 Å². The second kappa shape index (κ2) is 5.38. The van der Waals surface area contributed by atoms with Crippen LogP contribution in [0.3, 0.4) is 0 Å². The fourth-order valence-corrected chi connectivity index (χ4v) is 1.93. The Balaban J connectivity index is 1.92. The van der Waals surface area contributed by atoms with Crippen molar-refractivity contribution in [2.75, 3.05) is 0 Å². The molecular formula is C18H11NO. The largest absolute Gasteiger partial charge is 0.298 e. The molecule has 0 spiro atoms. The molecule has 1 aromatic heterocycles. The first-order valence-corrected chi connectivity index (χ1v) is 6.27. The second-order valence-corrected chi connectivity index (χ2v) is 4.41. The van der Waals surface area contributed by atoms with Crippen molar-refractivity contribution in [1.29, 1.82) is 0 Å². The Kier molecular flexibility index (Phi) is 3.26. The third kappa shape index (κ3) is 2.57. The van der Waals surface area contributed by atoms with Gasteiger partial charge in [-0.1, -0.05) is 42.2 Å². The van der Waals surface area contributed by atoms with Crippen LogP contribution in [0, 0.1) is 11.8 Å². The third-order valence-corrected chi connectivity index (χ3v) is 2.99. The Morgan fingerprint density at radius 1 is 0.900 bits per heavy atom. The van der Waals surface area contributed by atoms with Crippen LogP contribution in [-0.2, 0) is 0 Å². The number of pyridine rings is 1. The lowest BCUT2D eigenvalue weighted by Gasteiger charge is -1.96. The number of para-hydroxylation sites is 1. The summed E-state index contributed by atoms with van der Waals surface area (Å²) in [7, 11) is 0. The maximum atomic E-state index is 10.6. The number of aldehydes is 1. The van der Waals surface area contributed by atoms with Gasteiger partial charge in [0.05, 0.1) is 5.52 Å². The smallest absolute Gasteiger partial charge is 0.150 e. The van der Waals surface area contributed by atoms with Crippen molar-refractivity contribution in [2.45, 2.75) is 0 Å². The summed E-state index contributed by atoms with van der Waals surface area (Å²) in [6.45, 7) is 0. The Labute approximate surface area is 117 Å². The van der Waals surface area contributed by atoms with Crippen molar-refractivity contribution < 1.29 is 4.79 Å². The average Bonchev–Trinajstić information content (AvgIpc) is 2.53. The molecule has 2 nitrogen and oxygen atoms in total. The lowest BCUT2D eigenvalue weighted by atomic mass is 10.1. The predicted molar refractivity (Wildman–Crippen MR) is 79.6 cm³/mol. The van der Waals surface area contributed by atoms with Crippen LogP contribution in [0.4, 0.5) is 0 Å². The summed E-state index contributed by atoms with van der Waals surface area (Å²) in [4.78, 5) is 14.9. The van der Waals surface area contributed by atoms with E-state index in [1.54, 1.807) is 18.3 Å². The SMILES string of the molecule is O=Cc1ccc(C#Cc2cnc3ccccc3c2)cc1. The van der Waals surface area contributed by atoms with Gasteiger partial charge in [0.2, 0.25) is 0 Å². The van der Waals surface area contributed by atoms with E-state index in [2.05, 4.69) is 16.8 Å². The van der Waals surface area contributed by atoms with Crippen molar-refractivity contribution in [2.24, 2.45) is 0 Å². The monoisotopic (exact) mass is 257 g/mol. The van der Waals surface area contributed by atoms with Gasteiger partial charge < -0.3 is 0 Å². The minimum absolute atomic E-state index is 0.655. The summed E-state index contributed by atoms with van der Waals surface area (Å²) in [6.07, 6.45) is 2.60. The number of hydrogen-bond acceptors (Lipinski definition) is 2. The van der Waals surface area contributed by atoms with Crippen LogP contribution in [0.5, 0.6) is 0 Å². The maximum Gasteiger partial charge on any atom is 0.150 e. The molecule has 0 atom stereocenters. The molecule has 2 aromatic carbocycles. The second-order valence-electron chi connectivity index (χ2n) is 4.41. The molecule has 2 heteroatoms. The van der Waals surface area contributed by atoms with Crippen molar-refractivity contribution in [1.82, 2.24) is 4.98 Å². The van der Waals surface area contributed by atoms with Crippen molar-refractivity contribution in [3.63, 3.8) is 0 Å². The van der Waals surface area contributed by atoms with E-state index in [9.17, 15) is 4.79 Å². The van der Waals surface area contributed by atoms with Crippen LogP contribution in [0.1, 0.15) is 21.5 Å². The molecule has 0 radical (unpaired) electrons. The van der Waals surface area contributed by atoms with Gasteiger partial charge in [0.1, 0.15) is 6.29 Å². The number of benzene rings is 2. The van der Waals surface area contributed by atoms with Crippen LogP contribution in [-0.4, -0.2) is 11.3 Å². The predicted octanol–water partition coefficient (Wildman–Crippen LogP) is 3.45. The fraction of sp³-hybridized carbons (Fsp3) is 0. The highest BCUT2D eigenvalue weighted by atomic mass is 16.1. The first kappa shape index (κ1) is 12.1. The normalized spacial score (nSPS) is 9.80. The molecule has 1 heterocycles. The quantitative estimate of drug-likeness (QED) is 0.493. The molecule has 20 heavy (non-hydrogen) atoms. The number of rotatable bonds is 1. The number of carbonyl (C=O) groups excluding carboxylic acids is 1. The minimum atomic E-state index is 0.655. The van der Waals surface area contributed by atoms with Crippen LogP contribution in [0.25, 0.3) is 10.9 Å². The van der Waals surface area contributed by atoms with Gasteiger partial charge in [-0.05, 0) is 24.3 Å². The highest BCUT2D eigenvalue weighted by Gasteiger charge is 1.94. The number of carbonyl (C=O) groups is 1. The Bertz CT molecular complexity index is 823. The van der Waals surface area contributed by atoms with Crippen LogP contribution in [0.15, 0.2) is 60.8 Å². The molecule has 3 rings (SSSR count). The van der Waals surface area contributed by atoms with E-state index in [4.69, 9.17) is 0 Å². The average molecular weight is 257 g/mol. The lowest BCUT2D eigenvalue weighted by molar-refractivity contribution is 0.112. The van der Waals surface area contributed by atoms with Gasteiger partial charge in [0.25, 0.3) is 0 Å². The molecule has 0 N–H and O–H groups in total. The molecule has 3 aromatic rings. The van der Waals surface area contributed by atoms with Crippen molar-refractivity contribution in [3.8, 4) is 11.8 Å². The summed E-state index contributed by atoms with van der Waals surface area (Å²) in [5.41, 5.74) is 3.38. The molecular weight excluding hydrogens is 246 g/mol. The van der Waals surface area contributed by atoms with Gasteiger partial charge in [-0.2, -0.15) is 0 Å². The third-order valence-electron chi connectivity index (χ3n) is 2.99. The van der Waals surface area contributed by atoms with E-state index < -0.39 is 0 Å². The molecule has 0 amide bonds. The first-order chi connectivity index (χ1) is 9.85. The molecule has 0 aliphatic carbocycles. The van der Waals surface area contributed by atoms with Gasteiger partial charge >= 0.3 is 0 Å². The Hall–Kier alpha value is -2.92. The van der Waals surface area contributed by atoms with E-state index in [1.807, 2.05) is 42.5 Å². The number of hydrogen-bond donors (Lipinski definition) is 0. The Morgan fingerprint density at radius 3 is 2.45 bits per heavy atom. The lowest BCUT2D eigenvalue weighted by Crippen LogP contribution is -1.82. The molecule has 0 bridgehead atoms. The molecule has 0 saturated carbocycles. The summed E-state index contributed by atoms with van der Waals surface area (Å²) in [5.74, 6) is 6.16. The maximum absolute atomic E-state index is 10.6. The van der Waals surface area contributed by atoms with Gasteiger partial charge in [-0.25, -0.2) is 0 Å². The van der Waals surface area contributed by atoms with Gasteiger partial charge in [0, 0.05) is 28.3 Å². The van der Waals surface area contributed by atoms with E-state index in [-0.39, 0.29) is 0 Å². The standard InChI is InChI=1S/C18H11NO/c20-13-15-8-5-14(6-9-15)7-10-16-11-17-3-1-2-4-18(17)19-12-16/h1-6,8-9,11-13H. The van der Waals surface area contributed by atoms with Crippen molar-refractivity contribution >= 4 is 17.2 Å². The highest BCUT2D eigenvalue weighted by Crippen LogP contribution is 2.12. The zero-order valence-corrected chi connectivity index (χ0v) is 10.7. The summed E-state index contributed by atoms with van der Waals surface area (Å²) < 4.78 is 0. The minimum Gasteiger partial charge on any atom is -0.298 e. The van der Waals surface area contributed by atoms with E-state index >= 15 is 0 Å². The van der Waals surface area contributed by atoms with Gasteiger partial charge in [-0.3, -0.25) is 9.78 Å². The topological polar surface area (TPSA) is 30.0 Å². The zero-order valence-electron chi connectivity index (χ0n) is 10.7. The molecule has 0 aliphatic rings. The van der Waals surface area contributed by atoms with Crippen LogP contribution >= 0.6 is 0 Å². The Morgan fingerprint density at radius 2 is 1.65 bits per heavy atom. The van der Waals surface area contributed by atoms with Crippen molar-refractivity contribution in [3.05, 3.63) is 77.5 Å². The van der Waals surface area contributed by atoms with Gasteiger partial charge in [-0.15, -0.1) is 0 Å². The molecule has 0 saturated heterocycles. The molecule has 0 fully saturated rings. The number of aromatic nitrogens is 1. The summed E-state index contributed by atoms with van der Waals surface area (Å²) in [6, 6.07) is 17.2. The molecule has 0 aliphatic heterocycles. The molecule has 0 unspecified atom stereocenters. The number of nitrogens with zero attached hydrogens (tertiary/aromatic N) is 1. The first-order valence-electron chi connectivity index (χ1n) is 6.27. The van der Waals surface area contributed by atoms with E-state index in [0.717, 1.165) is 28.3 Å². The summed E-state index contributed by atoms with van der Waals surface area (Å²) in [5, 5.41) is 1.08.